The summed E-state index contributed by atoms with van der Waals surface area (Å²) in [6.07, 6.45) is 3.49. The lowest BCUT2D eigenvalue weighted by Crippen LogP contribution is -2.31. The number of aryl methyl sites for hydroxylation is 2. The molecule has 1 aromatic carbocycles. The van der Waals surface area contributed by atoms with Crippen LogP contribution in [-0.4, -0.2) is 40.2 Å². The zero-order valence-electron chi connectivity index (χ0n) is 15.0. The zero-order chi connectivity index (χ0) is 18.1. The highest BCUT2D eigenvalue weighted by Crippen LogP contribution is 2.35. The maximum atomic E-state index is 12.9. The van der Waals surface area contributed by atoms with E-state index < -0.39 is 5.97 Å². The summed E-state index contributed by atoms with van der Waals surface area (Å²) >= 11 is 0. The molecule has 1 aliphatic heterocycles. The van der Waals surface area contributed by atoms with Crippen LogP contribution in [0.5, 0.6) is 0 Å². The Balaban J connectivity index is 1.47. The molecule has 2 aromatic rings. The van der Waals surface area contributed by atoms with Gasteiger partial charge in [-0.15, -0.1) is 0 Å². The van der Waals surface area contributed by atoms with E-state index in [0.29, 0.717) is 31.1 Å². The van der Waals surface area contributed by atoms with E-state index in [1.807, 2.05) is 9.58 Å². The highest BCUT2D eigenvalue weighted by atomic mass is 16.5. The Kier molecular flexibility index (Phi) is 4.49. The predicted molar refractivity (Wildman–Crippen MR) is 95.7 cm³/mol. The number of ether oxygens (including phenoxy) is 1. The quantitative estimate of drug-likeness (QED) is 0.796. The molecule has 4 rings (SSSR count). The largest absolute Gasteiger partial charge is 0.464 e. The topological polar surface area (TPSA) is 64.4 Å². The number of benzene rings is 1. The molecule has 1 amide bonds. The molecule has 26 heavy (non-hydrogen) atoms. The molecule has 0 saturated carbocycles. The number of carbonyl (C=O) groups excluding carboxylic acids is 2. The van der Waals surface area contributed by atoms with Crippen molar-refractivity contribution in [2.24, 2.45) is 0 Å². The summed E-state index contributed by atoms with van der Waals surface area (Å²) in [5.74, 6) is 0.0597. The van der Waals surface area contributed by atoms with Crippen molar-refractivity contribution >= 4 is 11.9 Å². The van der Waals surface area contributed by atoms with Crippen LogP contribution in [0.15, 0.2) is 30.3 Å². The van der Waals surface area contributed by atoms with Gasteiger partial charge in [0.2, 0.25) is 5.91 Å². The fourth-order valence-electron chi connectivity index (χ4n) is 4.08. The molecule has 1 atom stereocenters. The van der Waals surface area contributed by atoms with Gasteiger partial charge in [0.1, 0.15) is 0 Å². The van der Waals surface area contributed by atoms with Gasteiger partial charge in [-0.2, -0.15) is 5.10 Å². The van der Waals surface area contributed by atoms with Crippen LogP contribution in [-0.2, 0) is 29.0 Å². The zero-order valence-corrected chi connectivity index (χ0v) is 15.0. The lowest BCUT2D eigenvalue weighted by molar-refractivity contribution is -0.132. The molecule has 0 saturated heterocycles. The number of aromatic nitrogens is 2. The van der Waals surface area contributed by atoms with E-state index in [-0.39, 0.29) is 5.91 Å². The molecule has 2 heterocycles. The summed E-state index contributed by atoms with van der Waals surface area (Å²) < 4.78 is 6.57. The maximum absolute atomic E-state index is 12.9. The van der Waals surface area contributed by atoms with Crippen LogP contribution < -0.4 is 0 Å². The number of hydrogen-bond acceptors (Lipinski definition) is 4. The Hall–Kier alpha value is -2.63. The number of methoxy groups -OCH3 is 1. The normalized spacial score (nSPS) is 18.8. The Labute approximate surface area is 152 Å². The van der Waals surface area contributed by atoms with Crippen molar-refractivity contribution in [2.75, 3.05) is 13.7 Å². The minimum absolute atomic E-state index is 0.181. The maximum Gasteiger partial charge on any atom is 0.358 e. The number of nitrogens with zero attached hydrogens (tertiary/aromatic N) is 3. The summed E-state index contributed by atoms with van der Waals surface area (Å²) in [6.45, 7) is 1.93. The van der Waals surface area contributed by atoms with Gasteiger partial charge in [0, 0.05) is 19.5 Å². The molecule has 0 unspecified atom stereocenters. The summed E-state index contributed by atoms with van der Waals surface area (Å²) in [7, 11) is 1.35. The number of rotatable bonds is 3. The molecular weight excluding hydrogens is 330 g/mol. The van der Waals surface area contributed by atoms with Crippen molar-refractivity contribution in [3.63, 3.8) is 0 Å². The molecule has 6 heteroatoms. The first kappa shape index (κ1) is 16.8. The minimum Gasteiger partial charge on any atom is -0.464 e. The average molecular weight is 353 g/mol. The molecule has 136 valence electrons. The van der Waals surface area contributed by atoms with Gasteiger partial charge in [-0.1, -0.05) is 24.3 Å². The standard InChI is InChI=1S/C20H23N3O3/c1-26-20(25)18-12-16-13-22(9-4-10-23(16)21-18)19(24)11-15-8-7-14-5-2-3-6-17(14)15/h2-3,5-6,12,15H,4,7-11,13H2,1H3/t15-/m0/s1. The van der Waals surface area contributed by atoms with E-state index >= 15 is 0 Å². The first-order valence-corrected chi connectivity index (χ1v) is 9.16. The van der Waals surface area contributed by atoms with Gasteiger partial charge in [-0.3, -0.25) is 9.48 Å². The Bertz CT molecular complexity index is 843. The third-order valence-corrected chi connectivity index (χ3v) is 5.44. The Morgan fingerprint density at radius 1 is 1.27 bits per heavy atom. The SMILES string of the molecule is COC(=O)c1cc2n(n1)CCCN(C(=O)C[C@@H]1CCc3ccccc31)C2. The van der Waals surface area contributed by atoms with Crippen LogP contribution in [0.3, 0.4) is 0 Å². The smallest absolute Gasteiger partial charge is 0.358 e. The van der Waals surface area contributed by atoms with Crippen LogP contribution in [0.2, 0.25) is 0 Å². The molecule has 1 aliphatic carbocycles. The minimum atomic E-state index is -0.439. The molecule has 6 nitrogen and oxygen atoms in total. The van der Waals surface area contributed by atoms with Crippen molar-refractivity contribution in [2.45, 2.75) is 44.7 Å². The first-order chi connectivity index (χ1) is 12.7. The highest BCUT2D eigenvalue weighted by molar-refractivity contribution is 5.87. The van der Waals surface area contributed by atoms with E-state index in [9.17, 15) is 9.59 Å². The Morgan fingerprint density at radius 3 is 2.96 bits per heavy atom. The van der Waals surface area contributed by atoms with Crippen molar-refractivity contribution in [1.29, 1.82) is 0 Å². The van der Waals surface area contributed by atoms with Crippen LogP contribution in [0, 0.1) is 0 Å². The van der Waals surface area contributed by atoms with Crippen molar-refractivity contribution in [3.8, 4) is 0 Å². The van der Waals surface area contributed by atoms with Crippen LogP contribution in [0.25, 0.3) is 0 Å². The lowest BCUT2D eigenvalue weighted by atomic mass is 9.97. The van der Waals surface area contributed by atoms with Gasteiger partial charge in [0.05, 0.1) is 19.3 Å². The van der Waals surface area contributed by atoms with E-state index in [0.717, 1.165) is 31.5 Å². The molecule has 2 aliphatic rings. The van der Waals surface area contributed by atoms with Crippen molar-refractivity contribution < 1.29 is 14.3 Å². The summed E-state index contributed by atoms with van der Waals surface area (Å²) in [5, 5.41) is 4.31. The van der Waals surface area contributed by atoms with Crippen LogP contribution in [0.4, 0.5) is 0 Å². The molecule has 0 spiro atoms. The van der Waals surface area contributed by atoms with Gasteiger partial charge in [-0.05, 0) is 42.4 Å². The molecule has 0 N–H and O–H groups in total. The second-order valence-corrected chi connectivity index (χ2v) is 7.04. The number of fused-ring (bicyclic) bond motifs is 2. The predicted octanol–water partition coefficient (Wildman–Crippen LogP) is 2.52. The molecule has 0 bridgehead atoms. The Morgan fingerprint density at radius 2 is 2.12 bits per heavy atom. The van der Waals surface area contributed by atoms with Gasteiger partial charge in [-0.25, -0.2) is 4.79 Å². The second kappa shape index (κ2) is 6.94. The monoisotopic (exact) mass is 353 g/mol. The van der Waals surface area contributed by atoms with E-state index in [1.165, 1.54) is 18.2 Å². The van der Waals surface area contributed by atoms with Crippen LogP contribution in [0.1, 0.15) is 52.5 Å². The molecule has 0 radical (unpaired) electrons. The van der Waals surface area contributed by atoms with E-state index in [1.54, 1.807) is 6.07 Å². The second-order valence-electron chi connectivity index (χ2n) is 7.04. The van der Waals surface area contributed by atoms with Gasteiger partial charge in [0.25, 0.3) is 0 Å². The summed E-state index contributed by atoms with van der Waals surface area (Å²) in [5.41, 5.74) is 3.90. The van der Waals surface area contributed by atoms with E-state index in [4.69, 9.17) is 4.74 Å². The average Bonchev–Trinajstić information content (AvgIpc) is 3.19. The molecule has 0 fully saturated rings. The van der Waals surface area contributed by atoms with E-state index in [2.05, 4.69) is 29.4 Å². The van der Waals surface area contributed by atoms with Crippen molar-refractivity contribution in [3.05, 3.63) is 52.8 Å². The highest BCUT2D eigenvalue weighted by Gasteiger charge is 2.28. The summed E-state index contributed by atoms with van der Waals surface area (Å²) in [6, 6.07) is 10.2. The van der Waals surface area contributed by atoms with Crippen LogP contribution >= 0.6 is 0 Å². The number of carbonyl (C=O) groups is 2. The first-order valence-electron chi connectivity index (χ1n) is 9.16. The third kappa shape index (κ3) is 3.11. The van der Waals surface area contributed by atoms with Gasteiger partial charge < -0.3 is 9.64 Å². The lowest BCUT2D eigenvalue weighted by Gasteiger charge is -2.22. The number of esters is 1. The molecule has 1 aromatic heterocycles. The number of amides is 1. The molecular formula is C20H23N3O3. The fourth-order valence-corrected chi connectivity index (χ4v) is 4.08. The summed E-state index contributed by atoms with van der Waals surface area (Å²) in [4.78, 5) is 26.5. The van der Waals surface area contributed by atoms with Crippen molar-refractivity contribution in [1.82, 2.24) is 14.7 Å². The number of hydrogen-bond donors (Lipinski definition) is 0. The fraction of sp³-hybridized carbons (Fsp3) is 0.450. The third-order valence-electron chi connectivity index (χ3n) is 5.44. The van der Waals surface area contributed by atoms with Gasteiger partial charge in [0.15, 0.2) is 5.69 Å². The van der Waals surface area contributed by atoms with Gasteiger partial charge >= 0.3 is 5.97 Å².